The lowest BCUT2D eigenvalue weighted by Crippen LogP contribution is -2.31. The Morgan fingerprint density at radius 1 is 1.43 bits per heavy atom. The van der Waals surface area contributed by atoms with Crippen molar-refractivity contribution in [1.29, 1.82) is 0 Å². The van der Waals surface area contributed by atoms with Crippen molar-refractivity contribution in [3.63, 3.8) is 0 Å². The van der Waals surface area contributed by atoms with Crippen molar-refractivity contribution in [1.82, 2.24) is 4.90 Å². The Balaban J connectivity index is 1.67. The predicted molar refractivity (Wildman–Crippen MR) is 85.2 cm³/mol. The highest BCUT2D eigenvalue weighted by molar-refractivity contribution is 5.90. The molecular weight excluding hydrogens is 266 g/mol. The first kappa shape index (κ1) is 15.8. The summed E-state index contributed by atoms with van der Waals surface area (Å²) in [6.07, 6.45) is 2.77. The molecule has 3 N–H and O–H groups in total. The summed E-state index contributed by atoms with van der Waals surface area (Å²) in [6, 6.07) is 7.21. The van der Waals surface area contributed by atoms with E-state index in [0.29, 0.717) is 12.1 Å². The monoisotopic (exact) mass is 291 g/mol. The molecule has 1 heterocycles. The van der Waals surface area contributed by atoms with Gasteiger partial charge in [0.15, 0.2) is 0 Å². The Kier molecular flexibility index (Phi) is 6.02. The van der Waals surface area contributed by atoms with E-state index >= 15 is 0 Å². The Morgan fingerprint density at radius 2 is 2.19 bits per heavy atom. The van der Waals surface area contributed by atoms with Crippen LogP contribution in [0.25, 0.3) is 0 Å². The zero-order chi connectivity index (χ0) is 15.1. The van der Waals surface area contributed by atoms with E-state index in [9.17, 15) is 4.79 Å². The molecule has 116 valence electrons. The van der Waals surface area contributed by atoms with Gasteiger partial charge in [0.1, 0.15) is 0 Å². The third-order valence-electron chi connectivity index (χ3n) is 3.61. The fourth-order valence-corrected chi connectivity index (χ4v) is 2.54. The number of hydrogen-bond donors (Lipinski definition) is 2. The van der Waals surface area contributed by atoms with E-state index in [4.69, 9.17) is 10.5 Å². The largest absolute Gasteiger partial charge is 0.399 e. The number of carbonyl (C=O) groups is 1. The topological polar surface area (TPSA) is 67.6 Å². The first-order valence-electron chi connectivity index (χ1n) is 7.63. The van der Waals surface area contributed by atoms with E-state index in [1.807, 2.05) is 12.1 Å². The number of amides is 1. The smallest absolute Gasteiger partial charge is 0.224 e. The van der Waals surface area contributed by atoms with Crippen LogP contribution in [0.2, 0.25) is 0 Å². The first-order valence-corrected chi connectivity index (χ1v) is 7.63. The molecule has 1 saturated heterocycles. The first-order chi connectivity index (χ1) is 10.1. The molecular formula is C16H25N3O2. The lowest BCUT2D eigenvalue weighted by Gasteiger charge is -2.21. The molecule has 0 aromatic heterocycles. The van der Waals surface area contributed by atoms with Crippen LogP contribution < -0.4 is 11.1 Å². The summed E-state index contributed by atoms with van der Waals surface area (Å²) >= 11 is 0. The maximum absolute atomic E-state index is 11.9. The fraction of sp³-hybridized carbons (Fsp3) is 0.562. The highest BCUT2D eigenvalue weighted by Gasteiger charge is 2.14. The van der Waals surface area contributed by atoms with Crippen molar-refractivity contribution in [3.8, 4) is 0 Å². The minimum atomic E-state index is 0.0545. The zero-order valence-corrected chi connectivity index (χ0v) is 12.7. The number of nitrogen functional groups attached to an aromatic ring is 1. The number of hydrogen-bond acceptors (Lipinski definition) is 4. The highest BCUT2D eigenvalue weighted by Crippen LogP contribution is 2.11. The standard InChI is InChI=1S/C16H25N3O2/c1-13-12-19(10-3-11-21-13)9-2-4-16(20)18-15-7-5-14(17)6-8-15/h5-8,13H,2-4,9-12,17H2,1H3,(H,18,20). The van der Waals surface area contributed by atoms with Crippen molar-refractivity contribution in [2.75, 3.05) is 37.3 Å². The minimum absolute atomic E-state index is 0.0545. The molecule has 0 saturated carbocycles. The molecule has 1 atom stereocenters. The van der Waals surface area contributed by atoms with Crippen molar-refractivity contribution < 1.29 is 9.53 Å². The van der Waals surface area contributed by atoms with E-state index in [0.717, 1.165) is 44.8 Å². The molecule has 0 aliphatic carbocycles. The second kappa shape index (κ2) is 8.00. The number of carbonyl (C=O) groups excluding carboxylic acids is 1. The highest BCUT2D eigenvalue weighted by atomic mass is 16.5. The van der Waals surface area contributed by atoms with Crippen LogP contribution >= 0.6 is 0 Å². The SMILES string of the molecule is CC1CN(CCCC(=O)Nc2ccc(N)cc2)CCCO1. The molecule has 1 aliphatic heterocycles. The van der Waals surface area contributed by atoms with Gasteiger partial charge < -0.3 is 20.7 Å². The van der Waals surface area contributed by atoms with E-state index in [-0.39, 0.29) is 12.0 Å². The molecule has 0 spiro atoms. The molecule has 0 bridgehead atoms. The molecule has 1 unspecified atom stereocenters. The van der Waals surface area contributed by atoms with Gasteiger partial charge in [0.25, 0.3) is 0 Å². The van der Waals surface area contributed by atoms with Gasteiger partial charge in [0.05, 0.1) is 6.10 Å². The van der Waals surface area contributed by atoms with E-state index in [1.165, 1.54) is 0 Å². The van der Waals surface area contributed by atoms with Crippen LogP contribution in [0.4, 0.5) is 11.4 Å². The van der Waals surface area contributed by atoms with Gasteiger partial charge in [-0.25, -0.2) is 0 Å². The Bertz CT molecular complexity index is 447. The van der Waals surface area contributed by atoms with Gasteiger partial charge in [-0.1, -0.05) is 0 Å². The van der Waals surface area contributed by atoms with Crippen LogP contribution in [0.5, 0.6) is 0 Å². The number of rotatable bonds is 5. The summed E-state index contributed by atoms with van der Waals surface area (Å²) in [7, 11) is 0. The lowest BCUT2D eigenvalue weighted by molar-refractivity contribution is -0.116. The van der Waals surface area contributed by atoms with Crippen LogP contribution in [0.1, 0.15) is 26.2 Å². The van der Waals surface area contributed by atoms with Crippen LogP contribution in [-0.2, 0) is 9.53 Å². The van der Waals surface area contributed by atoms with Gasteiger partial charge in [-0.05, 0) is 50.6 Å². The molecule has 0 radical (unpaired) electrons. The van der Waals surface area contributed by atoms with Crippen molar-refractivity contribution in [3.05, 3.63) is 24.3 Å². The molecule has 1 amide bonds. The number of benzene rings is 1. The second-order valence-corrected chi connectivity index (χ2v) is 5.61. The summed E-state index contributed by atoms with van der Waals surface area (Å²) in [4.78, 5) is 14.3. The van der Waals surface area contributed by atoms with Gasteiger partial charge >= 0.3 is 0 Å². The van der Waals surface area contributed by atoms with Crippen molar-refractivity contribution in [2.24, 2.45) is 0 Å². The Morgan fingerprint density at radius 3 is 2.95 bits per heavy atom. The minimum Gasteiger partial charge on any atom is -0.399 e. The maximum atomic E-state index is 11.9. The summed E-state index contributed by atoms with van der Waals surface area (Å²) < 4.78 is 5.62. The summed E-state index contributed by atoms with van der Waals surface area (Å²) in [5, 5.41) is 2.89. The van der Waals surface area contributed by atoms with E-state index < -0.39 is 0 Å². The van der Waals surface area contributed by atoms with Crippen LogP contribution in [0.15, 0.2) is 24.3 Å². The third-order valence-corrected chi connectivity index (χ3v) is 3.61. The molecule has 1 aliphatic rings. The summed E-state index contributed by atoms with van der Waals surface area (Å²) in [5.74, 6) is 0.0545. The number of nitrogens with zero attached hydrogens (tertiary/aromatic N) is 1. The van der Waals surface area contributed by atoms with Crippen LogP contribution in [-0.4, -0.2) is 43.2 Å². The van der Waals surface area contributed by atoms with Gasteiger partial charge in [0, 0.05) is 37.5 Å². The van der Waals surface area contributed by atoms with Crippen molar-refractivity contribution in [2.45, 2.75) is 32.3 Å². The van der Waals surface area contributed by atoms with Gasteiger partial charge in [-0.2, -0.15) is 0 Å². The Labute approximate surface area is 126 Å². The van der Waals surface area contributed by atoms with Crippen LogP contribution in [0, 0.1) is 0 Å². The third kappa shape index (κ3) is 5.73. The van der Waals surface area contributed by atoms with Crippen LogP contribution in [0.3, 0.4) is 0 Å². The predicted octanol–water partition coefficient (Wildman–Crippen LogP) is 2.10. The lowest BCUT2D eigenvalue weighted by atomic mass is 10.2. The summed E-state index contributed by atoms with van der Waals surface area (Å²) in [5.41, 5.74) is 7.11. The van der Waals surface area contributed by atoms with Gasteiger partial charge in [-0.15, -0.1) is 0 Å². The molecule has 1 aromatic rings. The molecule has 5 nitrogen and oxygen atoms in total. The molecule has 2 rings (SSSR count). The average Bonchev–Trinajstić information content (AvgIpc) is 2.66. The Hall–Kier alpha value is -1.59. The van der Waals surface area contributed by atoms with Gasteiger partial charge in [0.2, 0.25) is 5.91 Å². The molecule has 21 heavy (non-hydrogen) atoms. The quantitative estimate of drug-likeness (QED) is 0.815. The van der Waals surface area contributed by atoms with E-state index in [2.05, 4.69) is 17.1 Å². The maximum Gasteiger partial charge on any atom is 0.224 e. The summed E-state index contributed by atoms with van der Waals surface area (Å²) in [6.45, 7) is 5.91. The fourth-order valence-electron chi connectivity index (χ4n) is 2.54. The van der Waals surface area contributed by atoms with E-state index in [1.54, 1.807) is 12.1 Å². The van der Waals surface area contributed by atoms with Crippen molar-refractivity contribution >= 4 is 17.3 Å². The zero-order valence-electron chi connectivity index (χ0n) is 12.7. The molecule has 1 aromatic carbocycles. The second-order valence-electron chi connectivity index (χ2n) is 5.61. The molecule has 1 fully saturated rings. The number of ether oxygens (including phenoxy) is 1. The molecule has 5 heteroatoms. The number of anilines is 2. The normalized spacial score (nSPS) is 20.0. The average molecular weight is 291 g/mol. The number of nitrogens with two attached hydrogens (primary N) is 1. The van der Waals surface area contributed by atoms with Gasteiger partial charge in [-0.3, -0.25) is 4.79 Å². The number of nitrogens with one attached hydrogen (secondary N) is 1.